The van der Waals surface area contributed by atoms with E-state index in [4.69, 9.17) is 4.74 Å². The van der Waals surface area contributed by atoms with Crippen LogP contribution < -0.4 is 15.4 Å². The summed E-state index contributed by atoms with van der Waals surface area (Å²) in [5.74, 6) is 0.429. The van der Waals surface area contributed by atoms with Crippen molar-refractivity contribution in [3.63, 3.8) is 0 Å². The molecule has 150 valence electrons. The van der Waals surface area contributed by atoms with E-state index in [1.807, 2.05) is 29.6 Å². The summed E-state index contributed by atoms with van der Waals surface area (Å²) in [4.78, 5) is 28.0. The minimum absolute atomic E-state index is 0.114. The van der Waals surface area contributed by atoms with E-state index in [-0.39, 0.29) is 11.8 Å². The number of ether oxygens (including phenoxy) is 1. The first-order valence-electron chi connectivity index (χ1n) is 9.43. The lowest BCUT2D eigenvalue weighted by Crippen LogP contribution is -2.11. The van der Waals surface area contributed by atoms with Crippen LogP contribution in [-0.2, 0) is 4.79 Å². The number of unbranched alkanes of at least 4 members (excludes halogenated alkanes) is 1. The van der Waals surface area contributed by atoms with E-state index in [2.05, 4.69) is 22.5 Å². The molecule has 3 aromatic rings. The molecule has 2 aromatic carbocycles. The molecule has 2 N–H and O–H groups in total. The molecule has 2 amide bonds. The number of nitrogens with one attached hydrogen (secondary N) is 2. The van der Waals surface area contributed by atoms with Crippen LogP contribution in [0, 0.1) is 0 Å². The Balaban J connectivity index is 1.60. The van der Waals surface area contributed by atoms with Crippen molar-refractivity contribution in [2.75, 3.05) is 17.2 Å². The maximum atomic E-state index is 12.5. The molecule has 1 heterocycles. The van der Waals surface area contributed by atoms with E-state index < -0.39 is 0 Å². The third-order valence-corrected chi connectivity index (χ3v) is 4.87. The topological polar surface area (TPSA) is 80.3 Å². The Bertz CT molecular complexity index is 966. The molecule has 1 aromatic heterocycles. The Morgan fingerprint density at radius 2 is 1.76 bits per heavy atom. The van der Waals surface area contributed by atoms with E-state index >= 15 is 0 Å². The number of anilines is 2. The number of rotatable bonds is 8. The van der Waals surface area contributed by atoms with Gasteiger partial charge < -0.3 is 10.1 Å². The summed E-state index contributed by atoms with van der Waals surface area (Å²) in [6, 6.07) is 14.5. The van der Waals surface area contributed by atoms with Gasteiger partial charge in [0.05, 0.1) is 12.3 Å². The molecule has 0 saturated heterocycles. The van der Waals surface area contributed by atoms with Gasteiger partial charge >= 0.3 is 0 Å². The molecule has 29 heavy (non-hydrogen) atoms. The Labute approximate surface area is 173 Å². The average molecular weight is 410 g/mol. The number of amides is 2. The number of carbonyl (C=O) groups excluding carboxylic acids is 2. The highest BCUT2D eigenvalue weighted by atomic mass is 32.1. The molecule has 0 fully saturated rings. The number of thiazole rings is 1. The highest BCUT2D eigenvalue weighted by Gasteiger charge is 2.10. The molecule has 0 radical (unpaired) electrons. The molecule has 0 bridgehead atoms. The first kappa shape index (κ1) is 20.5. The number of nitrogens with zero attached hydrogens (tertiary/aromatic N) is 1. The fourth-order valence-corrected chi connectivity index (χ4v) is 3.31. The molecule has 7 heteroatoms. The van der Waals surface area contributed by atoms with Gasteiger partial charge in [0.1, 0.15) is 5.75 Å². The summed E-state index contributed by atoms with van der Waals surface area (Å²) in [7, 11) is 0. The Hall–Kier alpha value is -3.19. The van der Waals surface area contributed by atoms with Crippen LogP contribution in [-0.4, -0.2) is 23.4 Å². The van der Waals surface area contributed by atoms with Crippen molar-refractivity contribution in [3.8, 4) is 17.0 Å². The number of carbonyl (C=O) groups is 2. The van der Waals surface area contributed by atoms with Gasteiger partial charge in [0.15, 0.2) is 5.13 Å². The highest BCUT2D eigenvalue weighted by Crippen LogP contribution is 2.26. The summed E-state index contributed by atoms with van der Waals surface area (Å²) in [5, 5.41) is 7.97. The first-order valence-corrected chi connectivity index (χ1v) is 10.3. The summed E-state index contributed by atoms with van der Waals surface area (Å²) >= 11 is 1.36. The highest BCUT2D eigenvalue weighted by molar-refractivity contribution is 7.14. The fourth-order valence-electron chi connectivity index (χ4n) is 2.60. The molecule has 0 unspecified atom stereocenters. The third-order valence-electron chi connectivity index (χ3n) is 4.11. The summed E-state index contributed by atoms with van der Waals surface area (Å²) in [5.41, 5.74) is 2.94. The van der Waals surface area contributed by atoms with Crippen molar-refractivity contribution in [3.05, 3.63) is 59.5 Å². The standard InChI is InChI=1S/C22H23N3O3S/c1-3-4-13-28-19-11-7-17(8-12-19)21(27)25-22-24-20(14-29-22)16-5-9-18(10-6-16)23-15(2)26/h5-12,14H,3-4,13H2,1-2H3,(H,23,26)(H,24,25,27). The maximum absolute atomic E-state index is 12.5. The lowest BCUT2D eigenvalue weighted by molar-refractivity contribution is -0.114. The second-order valence-electron chi connectivity index (χ2n) is 6.48. The predicted molar refractivity (Wildman–Crippen MR) is 117 cm³/mol. The van der Waals surface area contributed by atoms with Crippen molar-refractivity contribution >= 4 is 34.0 Å². The van der Waals surface area contributed by atoms with Gasteiger partial charge in [-0.1, -0.05) is 25.5 Å². The van der Waals surface area contributed by atoms with Crippen LogP contribution >= 0.6 is 11.3 Å². The Morgan fingerprint density at radius 3 is 2.41 bits per heavy atom. The molecule has 0 aliphatic rings. The smallest absolute Gasteiger partial charge is 0.257 e. The normalized spacial score (nSPS) is 10.4. The van der Waals surface area contributed by atoms with E-state index in [0.29, 0.717) is 17.3 Å². The molecule has 0 atom stereocenters. The minimum Gasteiger partial charge on any atom is -0.494 e. The molecule has 0 saturated carbocycles. The molecule has 0 aliphatic heterocycles. The minimum atomic E-state index is -0.216. The Kier molecular flexibility index (Phi) is 6.97. The van der Waals surface area contributed by atoms with Crippen LogP contribution in [0.1, 0.15) is 37.0 Å². The first-order chi connectivity index (χ1) is 14.0. The lowest BCUT2D eigenvalue weighted by atomic mass is 10.1. The third kappa shape index (κ3) is 5.89. The van der Waals surface area contributed by atoms with Gasteiger partial charge in [-0.2, -0.15) is 0 Å². The molecule has 0 aliphatic carbocycles. The average Bonchev–Trinajstić information content (AvgIpc) is 3.17. The predicted octanol–water partition coefficient (Wildman–Crippen LogP) is 5.20. The zero-order chi connectivity index (χ0) is 20.6. The van der Waals surface area contributed by atoms with Crippen LogP contribution in [0.2, 0.25) is 0 Å². The SMILES string of the molecule is CCCCOc1ccc(C(=O)Nc2nc(-c3ccc(NC(C)=O)cc3)cs2)cc1. The summed E-state index contributed by atoms with van der Waals surface area (Å²) in [6.45, 7) is 4.26. The van der Waals surface area contributed by atoms with Gasteiger partial charge in [0, 0.05) is 29.1 Å². The van der Waals surface area contributed by atoms with Gasteiger partial charge in [-0.3, -0.25) is 14.9 Å². The van der Waals surface area contributed by atoms with Crippen LogP contribution in [0.4, 0.5) is 10.8 Å². The van der Waals surface area contributed by atoms with Gasteiger partial charge in [0.2, 0.25) is 5.91 Å². The second kappa shape index (κ2) is 9.84. The number of aromatic nitrogens is 1. The summed E-state index contributed by atoms with van der Waals surface area (Å²) < 4.78 is 5.62. The molecule has 3 rings (SSSR count). The molecular weight excluding hydrogens is 386 g/mol. The zero-order valence-electron chi connectivity index (χ0n) is 16.4. The van der Waals surface area contributed by atoms with Crippen LogP contribution in [0.3, 0.4) is 0 Å². The van der Waals surface area contributed by atoms with E-state index in [9.17, 15) is 9.59 Å². The zero-order valence-corrected chi connectivity index (χ0v) is 17.2. The molecular formula is C22H23N3O3S. The van der Waals surface area contributed by atoms with Gasteiger partial charge in [-0.25, -0.2) is 4.98 Å². The molecule has 0 spiro atoms. The molecule has 6 nitrogen and oxygen atoms in total. The van der Waals surface area contributed by atoms with Crippen molar-refractivity contribution in [2.24, 2.45) is 0 Å². The van der Waals surface area contributed by atoms with E-state index in [1.54, 1.807) is 24.3 Å². The van der Waals surface area contributed by atoms with Gasteiger partial charge in [-0.05, 0) is 42.8 Å². The van der Waals surface area contributed by atoms with E-state index in [1.165, 1.54) is 18.3 Å². The second-order valence-corrected chi connectivity index (χ2v) is 7.34. The van der Waals surface area contributed by atoms with Crippen LogP contribution in [0.25, 0.3) is 11.3 Å². The van der Waals surface area contributed by atoms with E-state index in [0.717, 1.165) is 35.5 Å². The quantitative estimate of drug-likeness (QED) is 0.501. The van der Waals surface area contributed by atoms with Crippen molar-refractivity contribution in [2.45, 2.75) is 26.7 Å². The maximum Gasteiger partial charge on any atom is 0.257 e. The number of hydrogen-bond acceptors (Lipinski definition) is 5. The summed E-state index contributed by atoms with van der Waals surface area (Å²) in [6.07, 6.45) is 2.08. The van der Waals surface area contributed by atoms with Crippen molar-refractivity contribution in [1.82, 2.24) is 4.98 Å². The fraction of sp³-hybridized carbons (Fsp3) is 0.227. The van der Waals surface area contributed by atoms with Crippen molar-refractivity contribution < 1.29 is 14.3 Å². The monoisotopic (exact) mass is 409 g/mol. The lowest BCUT2D eigenvalue weighted by Gasteiger charge is -2.06. The van der Waals surface area contributed by atoms with Crippen LogP contribution in [0.15, 0.2) is 53.9 Å². The largest absolute Gasteiger partial charge is 0.494 e. The van der Waals surface area contributed by atoms with Gasteiger partial charge in [-0.15, -0.1) is 11.3 Å². The number of benzene rings is 2. The number of hydrogen-bond donors (Lipinski definition) is 2. The van der Waals surface area contributed by atoms with Crippen LogP contribution in [0.5, 0.6) is 5.75 Å². The van der Waals surface area contributed by atoms with Crippen molar-refractivity contribution in [1.29, 1.82) is 0 Å². The Morgan fingerprint density at radius 1 is 1.03 bits per heavy atom. The van der Waals surface area contributed by atoms with Gasteiger partial charge in [0.25, 0.3) is 5.91 Å².